The number of terminal acetylenes is 1. The first-order chi connectivity index (χ1) is 7.72. The van der Waals surface area contributed by atoms with Gasteiger partial charge in [-0.1, -0.05) is 31.9 Å². The van der Waals surface area contributed by atoms with Gasteiger partial charge in [-0.15, -0.1) is 18.8 Å². The minimum Gasteiger partial charge on any atom is -0.481 e. The molecule has 1 aromatic carbocycles. The highest BCUT2D eigenvalue weighted by Crippen LogP contribution is 2.11. The summed E-state index contributed by atoms with van der Waals surface area (Å²) in [4.78, 5) is 0. The van der Waals surface area contributed by atoms with E-state index in [1.54, 1.807) is 0 Å². The van der Waals surface area contributed by atoms with Gasteiger partial charge in [0.25, 0.3) is 0 Å². The maximum atomic E-state index is 5.30. The van der Waals surface area contributed by atoms with E-state index in [1.165, 1.54) is 5.56 Å². The Kier molecular flexibility index (Phi) is 8.31. The highest BCUT2D eigenvalue weighted by molar-refractivity contribution is 5.85. The van der Waals surface area contributed by atoms with Crippen LogP contribution < -0.4 is 10.1 Å². The second-order valence-electron chi connectivity index (χ2n) is 4.16. The summed E-state index contributed by atoms with van der Waals surface area (Å²) in [6, 6.07) is 8.01. The first-order valence-electron chi connectivity index (χ1n) is 5.58. The molecule has 0 atom stereocenters. The number of rotatable bonds is 6. The van der Waals surface area contributed by atoms with Crippen LogP contribution in [0.25, 0.3) is 0 Å². The number of halogens is 1. The maximum absolute atomic E-state index is 5.30. The molecule has 0 aliphatic carbocycles. The van der Waals surface area contributed by atoms with E-state index in [0.717, 1.165) is 18.8 Å². The molecule has 0 amide bonds. The van der Waals surface area contributed by atoms with Crippen molar-refractivity contribution in [1.82, 2.24) is 5.32 Å². The second-order valence-corrected chi connectivity index (χ2v) is 4.16. The van der Waals surface area contributed by atoms with Crippen molar-refractivity contribution in [2.75, 3.05) is 13.2 Å². The van der Waals surface area contributed by atoms with E-state index in [0.29, 0.717) is 12.5 Å². The average Bonchev–Trinajstić information content (AvgIpc) is 2.27. The minimum atomic E-state index is 0. The molecule has 17 heavy (non-hydrogen) atoms. The van der Waals surface area contributed by atoms with Crippen LogP contribution >= 0.6 is 12.4 Å². The van der Waals surface area contributed by atoms with Crippen LogP contribution in [0.3, 0.4) is 0 Å². The van der Waals surface area contributed by atoms with E-state index < -0.39 is 0 Å². The van der Waals surface area contributed by atoms with Crippen LogP contribution in [0.15, 0.2) is 24.3 Å². The van der Waals surface area contributed by atoms with Crippen molar-refractivity contribution < 1.29 is 4.74 Å². The van der Waals surface area contributed by atoms with Gasteiger partial charge >= 0.3 is 0 Å². The Morgan fingerprint density at radius 3 is 2.47 bits per heavy atom. The molecule has 1 aromatic rings. The first kappa shape index (κ1) is 15.8. The van der Waals surface area contributed by atoms with Crippen molar-refractivity contribution in [2.45, 2.75) is 20.4 Å². The number of hydrogen-bond acceptors (Lipinski definition) is 2. The third-order valence-electron chi connectivity index (χ3n) is 2.13. The molecule has 0 spiro atoms. The predicted molar refractivity (Wildman–Crippen MR) is 74.6 cm³/mol. The summed E-state index contributed by atoms with van der Waals surface area (Å²) in [6.07, 6.45) is 5.12. The summed E-state index contributed by atoms with van der Waals surface area (Å²) >= 11 is 0. The van der Waals surface area contributed by atoms with E-state index in [2.05, 4.69) is 37.2 Å². The molecule has 1 rings (SSSR count). The van der Waals surface area contributed by atoms with E-state index in [9.17, 15) is 0 Å². The SMILES string of the molecule is C#CCOc1ccc(CNCC(C)C)cc1.Cl. The Balaban J connectivity index is 0.00000256. The van der Waals surface area contributed by atoms with Crippen LogP contribution in [0.1, 0.15) is 19.4 Å². The topological polar surface area (TPSA) is 21.3 Å². The molecule has 0 fully saturated rings. The Bertz CT molecular complexity index is 340. The molecule has 0 bridgehead atoms. The molecular formula is C14H20ClNO. The minimum absolute atomic E-state index is 0. The van der Waals surface area contributed by atoms with E-state index >= 15 is 0 Å². The lowest BCUT2D eigenvalue weighted by molar-refractivity contribution is 0.370. The highest BCUT2D eigenvalue weighted by Gasteiger charge is 1.96. The molecule has 94 valence electrons. The predicted octanol–water partition coefficient (Wildman–Crippen LogP) is 2.87. The number of ether oxygens (including phenoxy) is 1. The normalized spacial score (nSPS) is 9.53. The Morgan fingerprint density at radius 1 is 1.29 bits per heavy atom. The molecular weight excluding hydrogens is 234 g/mol. The lowest BCUT2D eigenvalue weighted by Crippen LogP contribution is -2.18. The molecule has 0 saturated heterocycles. The fourth-order valence-electron chi connectivity index (χ4n) is 1.33. The number of nitrogens with one attached hydrogen (secondary N) is 1. The van der Waals surface area contributed by atoms with Crippen LogP contribution in [0.4, 0.5) is 0 Å². The van der Waals surface area contributed by atoms with Crippen LogP contribution in [-0.4, -0.2) is 13.2 Å². The van der Waals surface area contributed by atoms with Gasteiger partial charge in [0.05, 0.1) is 0 Å². The number of benzene rings is 1. The van der Waals surface area contributed by atoms with Crippen LogP contribution in [-0.2, 0) is 6.54 Å². The van der Waals surface area contributed by atoms with Crippen molar-refractivity contribution in [3.8, 4) is 18.1 Å². The van der Waals surface area contributed by atoms with Gasteiger partial charge in [0, 0.05) is 6.54 Å². The van der Waals surface area contributed by atoms with Gasteiger partial charge in [-0.2, -0.15) is 0 Å². The van der Waals surface area contributed by atoms with Gasteiger partial charge in [0.15, 0.2) is 0 Å². The molecule has 1 N–H and O–H groups in total. The zero-order valence-corrected chi connectivity index (χ0v) is 11.2. The largest absolute Gasteiger partial charge is 0.481 e. The quantitative estimate of drug-likeness (QED) is 0.788. The molecule has 0 unspecified atom stereocenters. The standard InChI is InChI=1S/C14H19NO.ClH/c1-4-9-16-14-7-5-13(6-8-14)11-15-10-12(2)3;/h1,5-8,12,15H,9-11H2,2-3H3;1H. The third kappa shape index (κ3) is 6.88. The van der Waals surface area contributed by atoms with Gasteiger partial charge in [-0.3, -0.25) is 0 Å². The average molecular weight is 254 g/mol. The van der Waals surface area contributed by atoms with Crippen molar-refractivity contribution in [1.29, 1.82) is 0 Å². The van der Waals surface area contributed by atoms with E-state index in [-0.39, 0.29) is 12.4 Å². The van der Waals surface area contributed by atoms with Crippen molar-refractivity contribution in [2.24, 2.45) is 5.92 Å². The summed E-state index contributed by atoms with van der Waals surface area (Å²) in [5.41, 5.74) is 1.26. The first-order valence-corrected chi connectivity index (χ1v) is 5.58. The fourth-order valence-corrected chi connectivity index (χ4v) is 1.33. The second kappa shape index (κ2) is 8.92. The van der Waals surface area contributed by atoms with Crippen molar-refractivity contribution >= 4 is 12.4 Å². The van der Waals surface area contributed by atoms with Gasteiger partial charge in [0.2, 0.25) is 0 Å². The molecule has 0 aliphatic heterocycles. The van der Waals surface area contributed by atoms with Gasteiger partial charge in [0.1, 0.15) is 12.4 Å². The monoisotopic (exact) mass is 253 g/mol. The Labute approximate surface area is 110 Å². The van der Waals surface area contributed by atoms with Gasteiger partial charge in [-0.05, 0) is 30.2 Å². The summed E-state index contributed by atoms with van der Waals surface area (Å²) in [6.45, 7) is 6.65. The molecule has 0 aromatic heterocycles. The maximum Gasteiger partial charge on any atom is 0.148 e. The molecule has 0 saturated carbocycles. The lowest BCUT2D eigenvalue weighted by atomic mass is 10.2. The van der Waals surface area contributed by atoms with Gasteiger partial charge < -0.3 is 10.1 Å². The lowest BCUT2D eigenvalue weighted by Gasteiger charge is -2.08. The van der Waals surface area contributed by atoms with Crippen molar-refractivity contribution in [3.63, 3.8) is 0 Å². The summed E-state index contributed by atoms with van der Waals surface area (Å²) in [5.74, 6) is 3.95. The summed E-state index contributed by atoms with van der Waals surface area (Å²) in [7, 11) is 0. The zero-order valence-electron chi connectivity index (χ0n) is 10.4. The van der Waals surface area contributed by atoms with Crippen LogP contribution in [0.2, 0.25) is 0 Å². The molecule has 0 aliphatic rings. The van der Waals surface area contributed by atoms with Crippen molar-refractivity contribution in [3.05, 3.63) is 29.8 Å². The Hall–Kier alpha value is -1.17. The highest BCUT2D eigenvalue weighted by atomic mass is 35.5. The molecule has 0 radical (unpaired) electrons. The molecule has 0 heterocycles. The Morgan fingerprint density at radius 2 is 1.94 bits per heavy atom. The van der Waals surface area contributed by atoms with E-state index in [4.69, 9.17) is 11.2 Å². The summed E-state index contributed by atoms with van der Waals surface area (Å²) in [5, 5.41) is 3.39. The van der Waals surface area contributed by atoms with Gasteiger partial charge in [-0.25, -0.2) is 0 Å². The van der Waals surface area contributed by atoms with E-state index in [1.807, 2.05) is 12.1 Å². The zero-order chi connectivity index (χ0) is 11.8. The fraction of sp³-hybridized carbons (Fsp3) is 0.429. The summed E-state index contributed by atoms with van der Waals surface area (Å²) < 4.78 is 5.30. The number of hydrogen-bond donors (Lipinski definition) is 1. The molecule has 3 heteroatoms. The van der Waals surface area contributed by atoms with Crippen LogP contribution in [0.5, 0.6) is 5.75 Å². The third-order valence-corrected chi connectivity index (χ3v) is 2.13. The van der Waals surface area contributed by atoms with Crippen LogP contribution in [0, 0.1) is 18.3 Å². The smallest absolute Gasteiger partial charge is 0.148 e. The molecule has 2 nitrogen and oxygen atoms in total.